The van der Waals surface area contributed by atoms with Crippen LogP contribution in [0.15, 0.2) is 59.7 Å². The third-order valence-corrected chi connectivity index (χ3v) is 4.38. The highest BCUT2D eigenvalue weighted by atomic mass is 32.1. The summed E-state index contributed by atoms with van der Waals surface area (Å²) < 4.78 is 0. The molecular formula is C18H15N7O4S. The normalized spacial score (nSPS) is 10.5. The number of amides is 3. The van der Waals surface area contributed by atoms with Gasteiger partial charge in [-0.25, -0.2) is 10.2 Å². The van der Waals surface area contributed by atoms with Gasteiger partial charge >= 0.3 is 6.03 Å². The number of hydrogen-bond donors (Lipinski definition) is 3. The van der Waals surface area contributed by atoms with Crippen LogP contribution in [0.4, 0.5) is 21.3 Å². The van der Waals surface area contributed by atoms with Gasteiger partial charge in [0.25, 0.3) is 5.69 Å². The Kier molecular flexibility index (Phi) is 6.74. The molecule has 0 spiro atoms. The lowest BCUT2D eigenvalue weighted by Gasteiger charge is -2.04. The minimum Gasteiger partial charge on any atom is -0.308 e. The van der Waals surface area contributed by atoms with Crippen LogP contribution >= 0.6 is 11.3 Å². The molecule has 30 heavy (non-hydrogen) atoms. The second kappa shape index (κ2) is 9.84. The zero-order chi connectivity index (χ0) is 21.3. The van der Waals surface area contributed by atoms with Crippen molar-refractivity contribution in [3.63, 3.8) is 0 Å². The van der Waals surface area contributed by atoms with E-state index in [2.05, 4.69) is 31.4 Å². The quantitative estimate of drug-likeness (QED) is 0.301. The largest absolute Gasteiger partial charge is 0.325 e. The topological polar surface area (TPSA) is 152 Å². The summed E-state index contributed by atoms with van der Waals surface area (Å²) in [5.74, 6) is -0.375. The van der Waals surface area contributed by atoms with Crippen molar-refractivity contribution in [3.05, 3.63) is 75.3 Å². The summed E-state index contributed by atoms with van der Waals surface area (Å²) >= 11 is 1.04. The Morgan fingerprint density at radius 1 is 1.07 bits per heavy atom. The lowest BCUT2D eigenvalue weighted by atomic mass is 10.2. The van der Waals surface area contributed by atoms with E-state index >= 15 is 0 Å². The number of non-ortho nitro benzene ring substituents is 1. The van der Waals surface area contributed by atoms with Gasteiger partial charge in [-0.1, -0.05) is 41.7 Å². The molecular weight excluding hydrogens is 410 g/mol. The molecule has 2 aromatic carbocycles. The SMILES string of the molecule is O=C(Cc1nnc(NC(=O)Nc2ccc([N+](=O)[O-])cc2)s1)N/N=C\c1ccccc1. The van der Waals surface area contributed by atoms with Crippen molar-refractivity contribution >= 4 is 46.0 Å². The van der Waals surface area contributed by atoms with Gasteiger partial charge in [0.1, 0.15) is 5.01 Å². The van der Waals surface area contributed by atoms with Gasteiger partial charge in [-0.15, -0.1) is 10.2 Å². The third-order valence-electron chi connectivity index (χ3n) is 3.54. The number of rotatable bonds is 7. The van der Waals surface area contributed by atoms with Gasteiger partial charge in [0.15, 0.2) is 0 Å². The lowest BCUT2D eigenvalue weighted by Crippen LogP contribution is -2.19. The second-order valence-corrected chi connectivity index (χ2v) is 6.83. The van der Waals surface area contributed by atoms with E-state index in [9.17, 15) is 19.7 Å². The Bertz CT molecular complexity index is 1070. The number of aromatic nitrogens is 2. The Morgan fingerprint density at radius 3 is 2.50 bits per heavy atom. The highest BCUT2D eigenvalue weighted by Gasteiger charge is 2.12. The summed E-state index contributed by atoms with van der Waals surface area (Å²) in [6, 6.07) is 14.1. The number of anilines is 2. The summed E-state index contributed by atoms with van der Waals surface area (Å²) in [5, 5.41) is 27.8. The molecule has 0 aliphatic rings. The Labute approximate surface area is 174 Å². The average molecular weight is 425 g/mol. The fourth-order valence-electron chi connectivity index (χ4n) is 2.20. The summed E-state index contributed by atoms with van der Waals surface area (Å²) in [6.07, 6.45) is 1.48. The maximum Gasteiger partial charge on any atom is 0.325 e. The van der Waals surface area contributed by atoms with E-state index in [1.807, 2.05) is 30.3 Å². The van der Waals surface area contributed by atoms with E-state index in [-0.39, 0.29) is 23.1 Å². The van der Waals surface area contributed by atoms with Gasteiger partial charge in [-0.3, -0.25) is 20.2 Å². The number of hydrazone groups is 1. The molecule has 0 radical (unpaired) electrons. The van der Waals surface area contributed by atoms with Crippen LogP contribution in [0.5, 0.6) is 0 Å². The molecule has 3 rings (SSSR count). The van der Waals surface area contributed by atoms with Crippen LogP contribution in [0.3, 0.4) is 0 Å². The molecule has 11 nitrogen and oxygen atoms in total. The highest BCUT2D eigenvalue weighted by molar-refractivity contribution is 7.15. The smallest absolute Gasteiger partial charge is 0.308 e. The van der Waals surface area contributed by atoms with E-state index in [1.54, 1.807) is 0 Å². The molecule has 0 saturated heterocycles. The van der Waals surface area contributed by atoms with E-state index in [0.717, 1.165) is 16.9 Å². The van der Waals surface area contributed by atoms with Gasteiger partial charge in [0, 0.05) is 17.8 Å². The van der Waals surface area contributed by atoms with E-state index in [0.29, 0.717) is 10.7 Å². The predicted molar refractivity (Wildman–Crippen MR) is 112 cm³/mol. The van der Waals surface area contributed by atoms with Gasteiger partial charge in [-0.05, 0) is 17.7 Å². The van der Waals surface area contributed by atoms with Crippen LogP contribution in [0, 0.1) is 10.1 Å². The van der Waals surface area contributed by atoms with Crippen molar-refractivity contribution in [3.8, 4) is 0 Å². The summed E-state index contributed by atoms with van der Waals surface area (Å²) in [7, 11) is 0. The maximum absolute atomic E-state index is 12.0. The van der Waals surface area contributed by atoms with Crippen LogP contribution in [0.1, 0.15) is 10.6 Å². The number of nitrogens with one attached hydrogen (secondary N) is 3. The van der Waals surface area contributed by atoms with Crippen LogP contribution in [0.2, 0.25) is 0 Å². The van der Waals surface area contributed by atoms with Crippen LogP contribution in [-0.2, 0) is 11.2 Å². The number of urea groups is 1. The van der Waals surface area contributed by atoms with Gasteiger partial charge in [-0.2, -0.15) is 5.10 Å². The van der Waals surface area contributed by atoms with Gasteiger partial charge in [0.05, 0.1) is 17.6 Å². The molecule has 0 unspecified atom stereocenters. The second-order valence-electron chi connectivity index (χ2n) is 5.76. The zero-order valence-electron chi connectivity index (χ0n) is 15.3. The number of nitrogens with zero attached hydrogens (tertiary/aromatic N) is 4. The maximum atomic E-state index is 12.0. The number of benzene rings is 2. The molecule has 1 aromatic heterocycles. The minimum absolute atomic E-state index is 0.0462. The zero-order valence-corrected chi connectivity index (χ0v) is 16.1. The van der Waals surface area contributed by atoms with Gasteiger partial charge in [0.2, 0.25) is 11.0 Å². The first kappa shape index (κ1) is 20.5. The number of hydrogen-bond acceptors (Lipinski definition) is 8. The van der Waals surface area contributed by atoms with E-state index in [4.69, 9.17) is 0 Å². The number of carbonyl (C=O) groups excluding carboxylic acids is 2. The first-order chi connectivity index (χ1) is 14.5. The Hall–Kier alpha value is -4.19. The number of nitro groups is 1. The van der Waals surface area contributed by atoms with Crippen molar-refractivity contribution in [1.82, 2.24) is 15.6 Å². The average Bonchev–Trinajstić information content (AvgIpc) is 3.15. The van der Waals surface area contributed by atoms with Crippen LogP contribution in [0.25, 0.3) is 0 Å². The van der Waals surface area contributed by atoms with Gasteiger partial charge < -0.3 is 5.32 Å². The van der Waals surface area contributed by atoms with Crippen molar-refractivity contribution in [1.29, 1.82) is 0 Å². The van der Waals surface area contributed by atoms with Crippen LogP contribution < -0.4 is 16.1 Å². The summed E-state index contributed by atoms with van der Waals surface area (Å²) in [6.45, 7) is 0. The highest BCUT2D eigenvalue weighted by Crippen LogP contribution is 2.18. The van der Waals surface area contributed by atoms with E-state index < -0.39 is 11.0 Å². The first-order valence-electron chi connectivity index (χ1n) is 8.51. The van der Waals surface area contributed by atoms with Crippen molar-refractivity contribution < 1.29 is 14.5 Å². The molecule has 152 valence electrons. The predicted octanol–water partition coefficient (Wildman–Crippen LogP) is 2.78. The fourth-order valence-corrected chi connectivity index (χ4v) is 2.93. The van der Waals surface area contributed by atoms with Crippen LogP contribution in [-0.4, -0.2) is 33.3 Å². The molecule has 3 amide bonds. The molecule has 0 atom stereocenters. The standard InChI is InChI=1S/C18H15N7O4S/c26-15(22-19-11-12-4-2-1-3-5-12)10-16-23-24-18(30-16)21-17(27)20-13-6-8-14(9-7-13)25(28)29/h1-9,11H,10H2,(H,22,26)(H2,20,21,24,27)/b19-11-. The molecule has 0 bridgehead atoms. The first-order valence-corrected chi connectivity index (χ1v) is 9.33. The molecule has 1 heterocycles. The molecule has 3 aromatic rings. The molecule has 12 heteroatoms. The number of carbonyl (C=O) groups is 2. The monoisotopic (exact) mass is 425 g/mol. The third kappa shape index (κ3) is 6.17. The molecule has 0 saturated carbocycles. The van der Waals surface area contributed by atoms with Crippen molar-refractivity contribution in [2.45, 2.75) is 6.42 Å². The number of nitro benzene ring substituents is 1. The van der Waals surface area contributed by atoms with Crippen molar-refractivity contribution in [2.24, 2.45) is 5.10 Å². The Balaban J connectivity index is 1.47. The molecule has 3 N–H and O–H groups in total. The van der Waals surface area contributed by atoms with E-state index in [1.165, 1.54) is 30.5 Å². The fraction of sp³-hybridized carbons (Fsp3) is 0.0556. The molecule has 0 aliphatic heterocycles. The lowest BCUT2D eigenvalue weighted by molar-refractivity contribution is -0.384. The summed E-state index contributed by atoms with van der Waals surface area (Å²) in [4.78, 5) is 34.0. The Morgan fingerprint density at radius 2 is 1.80 bits per heavy atom. The molecule has 0 aliphatic carbocycles. The minimum atomic E-state index is -0.594. The summed E-state index contributed by atoms with van der Waals surface area (Å²) in [5.41, 5.74) is 3.53. The van der Waals surface area contributed by atoms with Crippen molar-refractivity contribution in [2.75, 3.05) is 10.6 Å². The molecule has 0 fully saturated rings.